The summed E-state index contributed by atoms with van der Waals surface area (Å²) in [5.74, 6) is 0.242. The van der Waals surface area contributed by atoms with Crippen molar-refractivity contribution in [1.29, 1.82) is 0 Å². The molecule has 0 aromatic heterocycles. The Balaban J connectivity index is 2.54. The van der Waals surface area contributed by atoms with Crippen LogP contribution in [0, 0.1) is 0 Å². The first-order chi connectivity index (χ1) is 9.20. The fraction of sp³-hybridized carbons (Fsp3) is 0.929. The number of amides is 1. The molecule has 1 aliphatic rings. The predicted molar refractivity (Wildman–Crippen MR) is 77.0 cm³/mol. The van der Waals surface area contributed by atoms with Crippen LogP contribution in [-0.2, 0) is 9.53 Å². The minimum atomic E-state index is -0.100. The molecule has 112 valence electrons. The summed E-state index contributed by atoms with van der Waals surface area (Å²) in [4.78, 5) is 16.7. The van der Waals surface area contributed by atoms with Crippen LogP contribution < -0.4 is 5.73 Å². The second-order valence-electron chi connectivity index (χ2n) is 5.23. The topological polar surface area (TPSA) is 58.8 Å². The van der Waals surface area contributed by atoms with Crippen LogP contribution in [-0.4, -0.2) is 68.2 Å². The van der Waals surface area contributed by atoms with Crippen LogP contribution in [0.5, 0.6) is 0 Å². The highest BCUT2D eigenvalue weighted by Crippen LogP contribution is 2.12. The molecular weight excluding hydrogens is 242 g/mol. The lowest BCUT2D eigenvalue weighted by Gasteiger charge is -2.32. The summed E-state index contributed by atoms with van der Waals surface area (Å²) in [6.07, 6.45) is 4.75. The molecule has 1 aliphatic heterocycles. The fourth-order valence-corrected chi connectivity index (χ4v) is 2.58. The number of methoxy groups -OCH3 is 1. The smallest absolute Gasteiger partial charge is 0.239 e. The maximum absolute atomic E-state index is 12.5. The minimum Gasteiger partial charge on any atom is -0.383 e. The molecule has 1 fully saturated rings. The van der Waals surface area contributed by atoms with Gasteiger partial charge in [-0.3, -0.25) is 9.69 Å². The Kier molecular flexibility index (Phi) is 8.02. The third-order valence-electron chi connectivity index (χ3n) is 3.82. The maximum atomic E-state index is 12.5. The number of carbonyl (C=O) groups is 1. The van der Waals surface area contributed by atoms with Gasteiger partial charge >= 0.3 is 0 Å². The first-order valence-corrected chi connectivity index (χ1v) is 7.42. The number of ether oxygens (including phenoxy) is 1. The van der Waals surface area contributed by atoms with Crippen molar-refractivity contribution in [3.05, 3.63) is 0 Å². The third kappa shape index (κ3) is 5.47. The third-order valence-corrected chi connectivity index (χ3v) is 3.82. The van der Waals surface area contributed by atoms with E-state index in [1.807, 2.05) is 11.8 Å². The van der Waals surface area contributed by atoms with Crippen molar-refractivity contribution in [2.45, 2.75) is 38.6 Å². The second-order valence-corrected chi connectivity index (χ2v) is 5.23. The molecule has 5 heteroatoms. The van der Waals surface area contributed by atoms with E-state index in [1.165, 1.54) is 12.8 Å². The van der Waals surface area contributed by atoms with Crippen LogP contribution in [0.2, 0.25) is 0 Å². The number of hydrogen-bond donors (Lipinski definition) is 1. The van der Waals surface area contributed by atoms with Crippen LogP contribution in [0.4, 0.5) is 0 Å². The SMILES string of the molecule is COCCN(CCN)C(C)C(=O)N1CCCCCC1. The largest absolute Gasteiger partial charge is 0.383 e. The number of hydrogen-bond acceptors (Lipinski definition) is 4. The molecule has 0 bridgehead atoms. The summed E-state index contributed by atoms with van der Waals surface area (Å²) in [5, 5.41) is 0. The average molecular weight is 271 g/mol. The Morgan fingerprint density at radius 2 is 1.89 bits per heavy atom. The van der Waals surface area contributed by atoms with Gasteiger partial charge in [0.2, 0.25) is 5.91 Å². The number of likely N-dealkylation sites (tertiary alicyclic amines) is 1. The molecule has 0 radical (unpaired) electrons. The molecular formula is C14H29N3O2. The normalized spacial score (nSPS) is 18.4. The van der Waals surface area contributed by atoms with Crippen molar-refractivity contribution < 1.29 is 9.53 Å². The van der Waals surface area contributed by atoms with E-state index >= 15 is 0 Å². The Labute approximate surface area is 117 Å². The van der Waals surface area contributed by atoms with Crippen LogP contribution in [0.25, 0.3) is 0 Å². The lowest BCUT2D eigenvalue weighted by molar-refractivity contribution is -0.136. The zero-order valence-corrected chi connectivity index (χ0v) is 12.4. The van der Waals surface area contributed by atoms with Gasteiger partial charge in [-0.15, -0.1) is 0 Å². The molecule has 2 N–H and O–H groups in total. The fourth-order valence-electron chi connectivity index (χ4n) is 2.58. The van der Waals surface area contributed by atoms with Gasteiger partial charge < -0.3 is 15.4 Å². The first-order valence-electron chi connectivity index (χ1n) is 7.42. The minimum absolute atomic E-state index is 0.100. The Morgan fingerprint density at radius 1 is 1.26 bits per heavy atom. The molecule has 0 saturated carbocycles. The quantitative estimate of drug-likeness (QED) is 0.740. The molecule has 5 nitrogen and oxygen atoms in total. The second kappa shape index (κ2) is 9.28. The summed E-state index contributed by atoms with van der Waals surface area (Å²) in [5.41, 5.74) is 5.64. The van der Waals surface area contributed by atoms with Gasteiger partial charge in [0.05, 0.1) is 12.6 Å². The molecule has 1 rings (SSSR count). The van der Waals surface area contributed by atoms with E-state index in [2.05, 4.69) is 4.90 Å². The molecule has 0 aromatic carbocycles. The summed E-state index contributed by atoms with van der Waals surface area (Å²) < 4.78 is 5.11. The highest BCUT2D eigenvalue weighted by molar-refractivity contribution is 5.81. The van der Waals surface area contributed by atoms with Gasteiger partial charge in [0, 0.05) is 39.8 Å². The molecule has 0 aliphatic carbocycles. The van der Waals surface area contributed by atoms with Crippen molar-refractivity contribution in [3.8, 4) is 0 Å². The first kappa shape index (κ1) is 16.4. The summed E-state index contributed by atoms with van der Waals surface area (Å²) in [6, 6.07) is -0.100. The molecule has 19 heavy (non-hydrogen) atoms. The van der Waals surface area contributed by atoms with Gasteiger partial charge in [-0.2, -0.15) is 0 Å². The molecule has 0 spiro atoms. The van der Waals surface area contributed by atoms with Gasteiger partial charge in [-0.05, 0) is 19.8 Å². The van der Waals surface area contributed by atoms with Crippen LogP contribution in [0.1, 0.15) is 32.6 Å². The lowest BCUT2D eigenvalue weighted by Crippen LogP contribution is -2.49. The van der Waals surface area contributed by atoms with E-state index < -0.39 is 0 Å². The monoisotopic (exact) mass is 271 g/mol. The van der Waals surface area contributed by atoms with Crippen molar-refractivity contribution in [2.24, 2.45) is 5.73 Å². The van der Waals surface area contributed by atoms with Crippen molar-refractivity contribution in [2.75, 3.05) is 46.4 Å². The zero-order chi connectivity index (χ0) is 14.1. The number of nitrogens with zero attached hydrogens (tertiary/aromatic N) is 2. The Hall–Kier alpha value is -0.650. The molecule has 1 saturated heterocycles. The van der Waals surface area contributed by atoms with Gasteiger partial charge in [0.25, 0.3) is 0 Å². The van der Waals surface area contributed by atoms with E-state index in [0.29, 0.717) is 13.2 Å². The van der Waals surface area contributed by atoms with E-state index in [0.717, 1.165) is 39.0 Å². The van der Waals surface area contributed by atoms with Crippen molar-refractivity contribution in [3.63, 3.8) is 0 Å². The zero-order valence-electron chi connectivity index (χ0n) is 12.4. The average Bonchev–Trinajstić information content (AvgIpc) is 2.70. The van der Waals surface area contributed by atoms with Gasteiger partial charge in [-0.1, -0.05) is 12.8 Å². The molecule has 1 heterocycles. The van der Waals surface area contributed by atoms with Crippen molar-refractivity contribution in [1.82, 2.24) is 9.80 Å². The van der Waals surface area contributed by atoms with Crippen LogP contribution in [0.3, 0.4) is 0 Å². The Morgan fingerprint density at radius 3 is 2.42 bits per heavy atom. The van der Waals surface area contributed by atoms with Gasteiger partial charge in [0.15, 0.2) is 0 Å². The standard InChI is InChI=1S/C14H29N3O2/c1-13(16(10-7-15)11-12-19-2)14(18)17-8-5-3-4-6-9-17/h13H,3-12,15H2,1-2H3. The molecule has 1 atom stereocenters. The summed E-state index contributed by atoms with van der Waals surface area (Å²) in [6.45, 7) is 6.50. The van der Waals surface area contributed by atoms with Gasteiger partial charge in [-0.25, -0.2) is 0 Å². The number of rotatable bonds is 7. The number of nitrogens with two attached hydrogens (primary N) is 1. The van der Waals surface area contributed by atoms with Gasteiger partial charge in [0.1, 0.15) is 0 Å². The molecule has 0 aromatic rings. The van der Waals surface area contributed by atoms with Crippen LogP contribution >= 0.6 is 0 Å². The lowest BCUT2D eigenvalue weighted by atomic mass is 10.2. The van der Waals surface area contributed by atoms with Crippen molar-refractivity contribution >= 4 is 5.91 Å². The van der Waals surface area contributed by atoms with E-state index in [-0.39, 0.29) is 11.9 Å². The highest BCUT2D eigenvalue weighted by atomic mass is 16.5. The molecule has 1 amide bonds. The molecule has 1 unspecified atom stereocenters. The van der Waals surface area contributed by atoms with E-state index in [4.69, 9.17) is 10.5 Å². The van der Waals surface area contributed by atoms with E-state index in [9.17, 15) is 4.79 Å². The number of carbonyl (C=O) groups excluding carboxylic acids is 1. The Bertz CT molecular complexity index is 253. The highest BCUT2D eigenvalue weighted by Gasteiger charge is 2.25. The maximum Gasteiger partial charge on any atom is 0.239 e. The summed E-state index contributed by atoms with van der Waals surface area (Å²) >= 11 is 0. The van der Waals surface area contributed by atoms with Crippen LogP contribution in [0.15, 0.2) is 0 Å². The van der Waals surface area contributed by atoms with E-state index in [1.54, 1.807) is 7.11 Å². The summed E-state index contributed by atoms with van der Waals surface area (Å²) in [7, 11) is 1.68. The predicted octanol–water partition coefficient (Wildman–Crippen LogP) is 0.685.